The number of hydrogen-bond donors (Lipinski definition) is 1. The molecule has 1 heterocycles. The van der Waals surface area contributed by atoms with Crippen molar-refractivity contribution >= 4 is 17.3 Å². The summed E-state index contributed by atoms with van der Waals surface area (Å²) in [6, 6.07) is 4.72. The Bertz CT molecular complexity index is 474. The van der Waals surface area contributed by atoms with E-state index in [2.05, 4.69) is 5.32 Å². The molecule has 4 heteroatoms. The first-order valence-electron chi connectivity index (χ1n) is 7.54. The maximum Gasteiger partial charge on any atom is 0.147 e. The Kier molecular flexibility index (Phi) is 4.18. The van der Waals surface area contributed by atoms with Crippen molar-refractivity contribution < 1.29 is 9.13 Å². The normalized spacial score (nSPS) is 25.0. The van der Waals surface area contributed by atoms with Crippen LogP contribution in [0.25, 0.3) is 0 Å². The van der Waals surface area contributed by atoms with Gasteiger partial charge in [0.1, 0.15) is 5.82 Å². The van der Waals surface area contributed by atoms with Crippen LogP contribution in [0.3, 0.4) is 0 Å². The van der Waals surface area contributed by atoms with Gasteiger partial charge in [0.15, 0.2) is 0 Å². The summed E-state index contributed by atoms with van der Waals surface area (Å²) in [6.07, 6.45) is 8.72. The highest BCUT2D eigenvalue weighted by atomic mass is 35.5. The van der Waals surface area contributed by atoms with Crippen LogP contribution in [0.15, 0.2) is 18.2 Å². The average molecular weight is 298 g/mol. The fourth-order valence-electron chi connectivity index (χ4n) is 3.46. The van der Waals surface area contributed by atoms with Gasteiger partial charge < -0.3 is 10.1 Å². The molecule has 1 saturated heterocycles. The van der Waals surface area contributed by atoms with E-state index in [0.717, 1.165) is 12.8 Å². The van der Waals surface area contributed by atoms with Crippen LogP contribution < -0.4 is 5.32 Å². The molecule has 2 fully saturated rings. The van der Waals surface area contributed by atoms with E-state index in [1.54, 1.807) is 12.1 Å². The standard InChI is InChI=1S/C16H21ClFNO/c17-12-4-5-15(14(18)10-12)19-11-13-6-9-16(20-13)7-2-1-3-8-16/h4-5,10,13,19H,1-3,6-9,11H2. The zero-order chi connectivity index (χ0) is 14.0. The van der Waals surface area contributed by atoms with Crippen LogP contribution in [-0.4, -0.2) is 18.2 Å². The molecule has 0 radical (unpaired) electrons. The summed E-state index contributed by atoms with van der Waals surface area (Å²) in [6.45, 7) is 0.667. The molecule has 20 heavy (non-hydrogen) atoms. The monoisotopic (exact) mass is 297 g/mol. The van der Waals surface area contributed by atoms with E-state index in [4.69, 9.17) is 16.3 Å². The third kappa shape index (κ3) is 3.09. The second-order valence-electron chi connectivity index (χ2n) is 6.03. The lowest BCUT2D eigenvalue weighted by atomic mass is 9.83. The number of halogens is 2. The summed E-state index contributed by atoms with van der Waals surface area (Å²) in [5.74, 6) is -0.303. The van der Waals surface area contributed by atoms with Crippen LogP contribution in [0, 0.1) is 5.82 Å². The van der Waals surface area contributed by atoms with Gasteiger partial charge in [-0.2, -0.15) is 0 Å². The van der Waals surface area contributed by atoms with Crippen molar-refractivity contribution in [3.8, 4) is 0 Å². The van der Waals surface area contributed by atoms with Crippen molar-refractivity contribution in [3.05, 3.63) is 29.0 Å². The van der Waals surface area contributed by atoms with Gasteiger partial charge in [0.05, 0.1) is 17.4 Å². The molecule has 2 aliphatic rings. The maximum absolute atomic E-state index is 13.7. The fourth-order valence-corrected chi connectivity index (χ4v) is 3.62. The molecular formula is C16H21ClFNO. The minimum atomic E-state index is -0.303. The quantitative estimate of drug-likeness (QED) is 0.867. The van der Waals surface area contributed by atoms with E-state index in [9.17, 15) is 4.39 Å². The number of nitrogens with one attached hydrogen (secondary N) is 1. The number of benzene rings is 1. The van der Waals surface area contributed by atoms with Gasteiger partial charge in [-0.05, 0) is 43.9 Å². The highest BCUT2D eigenvalue weighted by Gasteiger charge is 2.40. The first-order chi connectivity index (χ1) is 9.67. The zero-order valence-corrected chi connectivity index (χ0v) is 12.4. The molecule has 1 aliphatic carbocycles. The Morgan fingerprint density at radius 3 is 2.80 bits per heavy atom. The average Bonchev–Trinajstić information content (AvgIpc) is 2.82. The number of hydrogen-bond acceptors (Lipinski definition) is 2. The molecule has 1 aliphatic heterocycles. The van der Waals surface area contributed by atoms with Gasteiger partial charge in [-0.3, -0.25) is 0 Å². The summed E-state index contributed by atoms with van der Waals surface area (Å²) < 4.78 is 19.9. The van der Waals surface area contributed by atoms with E-state index < -0.39 is 0 Å². The van der Waals surface area contributed by atoms with Crippen molar-refractivity contribution in [2.75, 3.05) is 11.9 Å². The summed E-state index contributed by atoms with van der Waals surface area (Å²) in [4.78, 5) is 0. The number of rotatable bonds is 3. The van der Waals surface area contributed by atoms with E-state index >= 15 is 0 Å². The van der Waals surface area contributed by atoms with E-state index in [-0.39, 0.29) is 17.5 Å². The van der Waals surface area contributed by atoms with Crippen molar-refractivity contribution in [2.45, 2.75) is 56.7 Å². The zero-order valence-electron chi connectivity index (χ0n) is 11.6. The lowest BCUT2D eigenvalue weighted by molar-refractivity contribution is -0.0588. The van der Waals surface area contributed by atoms with Crippen LogP contribution in [0.2, 0.25) is 5.02 Å². The van der Waals surface area contributed by atoms with Crippen LogP contribution >= 0.6 is 11.6 Å². The predicted molar refractivity (Wildman–Crippen MR) is 79.8 cm³/mol. The van der Waals surface area contributed by atoms with Gasteiger partial charge in [0.25, 0.3) is 0 Å². The topological polar surface area (TPSA) is 21.3 Å². The fraction of sp³-hybridized carbons (Fsp3) is 0.625. The van der Waals surface area contributed by atoms with Crippen molar-refractivity contribution in [1.82, 2.24) is 0 Å². The molecule has 0 bridgehead atoms. The molecule has 1 saturated carbocycles. The summed E-state index contributed by atoms with van der Waals surface area (Å²) in [5.41, 5.74) is 0.631. The van der Waals surface area contributed by atoms with E-state index in [0.29, 0.717) is 17.3 Å². The predicted octanol–water partition coefficient (Wildman–Crippen LogP) is 4.77. The minimum Gasteiger partial charge on any atom is -0.380 e. The second kappa shape index (κ2) is 5.90. The van der Waals surface area contributed by atoms with Crippen LogP contribution in [-0.2, 0) is 4.74 Å². The molecule has 1 aromatic carbocycles. The molecule has 0 amide bonds. The molecule has 1 atom stereocenters. The lowest BCUT2D eigenvalue weighted by Crippen LogP contribution is -2.33. The van der Waals surface area contributed by atoms with Gasteiger partial charge >= 0.3 is 0 Å². The molecule has 110 valence electrons. The van der Waals surface area contributed by atoms with Crippen molar-refractivity contribution in [3.63, 3.8) is 0 Å². The molecule has 1 unspecified atom stereocenters. The largest absolute Gasteiger partial charge is 0.380 e. The summed E-state index contributed by atoms with van der Waals surface area (Å²) >= 11 is 5.75. The van der Waals surface area contributed by atoms with Gasteiger partial charge in [-0.1, -0.05) is 30.9 Å². The Balaban J connectivity index is 1.54. The first-order valence-corrected chi connectivity index (χ1v) is 7.91. The van der Waals surface area contributed by atoms with Crippen LogP contribution in [0.1, 0.15) is 44.9 Å². The Labute approximate surface area is 124 Å². The SMILES string of the molecule is Fc1cc(Cl)ccc1NCC1CCC2(CCCCC2)O1. The molecule has 1 spiro atoms. The van der Waals surface area contributed by atoms with E-state index in [1.165, 1.54) is 38.2 Å². The second-order valence-corrected chi connectivity index (χ2v) is 6.46. The van der Waals surface area contributed by atoms with Gasteiger partial charge in [0, 0.05) is 11.6 Å². The Hall–Kier alpha value is -0.800. The Morgan fingerprint density at radius 1 is 1.25 bits per heavy atom. The first kappa shape index (κ1) is 14.2. The summed E-state index contributed by atoms with van der Waals surface area (Å²) in [5, 5.41) is 3.57. The van der Waals surface area contributed by atoms with Crippen LogP contribution in [0.4, 0.5) is 10.1 Å². The summed E-state index contributed by atoms with van der Waals surface area (Å²) in [7, 11) is 0. The third-order valence-electron chi connectivity index (χ3n) is 4.55. The lowest BCUT2D eigenvalue weighted by Gasteiger charge is -2.33. The van der Waals surface area contributed by atoms with Crippen LogP contribution in [0.5, 0.6) is 0 Å². The van der Waals surface area contributed by atoms with Crippen molar-refractivity contribution in [1.29, 1.82) is 0 Å². The number of anilines is 1. The molecule has 0 aromatic heterocycles. The molecule has 1 aromatic rings. The molecule has 1 N–H and O–H groups in total. The molecule has 2 nitrogen and oxygen atoms in total. The van der Waals surface area contributed by atoms with Gasteiger partial charge in [0.2, 0.25) is 0 Å². The minimum absolute atomic E-state index is 0.128. The number of ether oxygens (including phenoxy) is 1. The third-order valence-corrected chi connectivity index (χ3v) is 4.79. The van der Waals surface area contributed by atoms with Gasteiger partial charge in [-0.15, -0.1) is 0 Å². The molecule has 3 rings (SSSR count). The van der Waals surface area contributed by atoms with Gasteiger partial charge in [-0.25, -0.2) is 4.39 Å². The highest BCUT2D eigenvalue weighted by molar-refractivity contribution is 6.30. The Morgan fingerprint density at radius 2 is 2.05 bits per heavy atom. The smallest absolute Gasteiger partial charge is 0.147 e. The van der Waals surface area contributed by atoms with E-state index in [1.807, 2.05) is 0 Å². The molecular weight excluding hydrogens is 277 g/mol. The van der Waals surface area contributed by atoms with Crippen molar-refractivity contribution in [2.24, 2.45) is 0 Å². The maximum atomic E-state index is 13.7. The highest BCUT2D eigenvalue weighted by Crippen LogP contribution is 2.41.